The lowest BCUT2D eigenvalue weighted by molar-refractivity contribution is -0.384. The number of halogens is 1. The number of anilines is 2. The van der Waals surface area contributed by atoms with Crippen LogP contribution < -0.4 is 10.1 Å². The minimum atomic E-state index is -4.10. The zero-order valence-corrected chi connectivity index (χ0v) is 17.1. The molecule has 3 aromatic rings. The molecule has 0 spiro atoms. The Kier molecular flexibility index (Phi) is 6.28. The first-order chi connectivity index (χ1) is 14.7. The Labute approximate surface area is 181 Å². The molecule has 31 heavy (non-hydrogen) atoms. The van der Waals surface area contributed by atoms with Crippen LogP contribution in [0.25, 0.3) is 0 Å². The highest BCUT2D eigenvalue weighted by Gasteiger charge is 2.21. The zero-order chi connectivity index (χ0) is 22.6. The SMILES string of the molecule is O=[N+]([O-])c1cc(S(=O)(=O)Nc2ccc(Cl)cc2)ccc1N/N=C\c1cccc(O)c1O. The average Bonchev–Trinajstić information content (AvgIpc) is 2.72. The summed E-state index contributed by atoms with van der Waals surface area (Å²) in [5.41, 5.74) is 2.23. The van der Waals surface area contributed by atoms with Gasteiger partial charge in [0.2, 0.25) is 0 Å². The summed E-state index contributed by atoms with van der Waals surface area (Å²) in [5, 5.41) is 34.9. The normalized spacial score (nSPS) is 11.4. The summed E-state index contributed by atoms with van der Waals surface area (Å²) in [7, 11) is -4.10. The van der Waals surface area contributed by atoms with Gasteiger partial charge in [-0.2, -0.15) is 5.10 Å². The van der Waals surface area contributed by atoms with Crippen LogP contribution in [-0.4, -0.2) is 29.8 Å². The summed E-state index contributed by atoms with van der Waals surface area (Å²) >= 11 is 5.77. The van der Waals surface area contributed by atoms with Crippen molar-refractivity contribution in [3.63, 3.8) is 0 Å². The number of para-hydroxylation sites is 1. The lowest BCUT2D eigenvalue weighted by Gasteiger charge is -2.09. The summed E-state index contributed by atoms with van der Waals surface area (Å²) in [4.78, 5) is 10.4. The number of nitrogens with one attached hydrogen (secondary N) is 2. The largest absolute Gasteiger partial charge is 0.504 e. The van der Waals surface area contributed by atoms with Crippen LogP contribution in [0, 0.1) is 10.1 Å². The van der Waals surface area contributed by atoms with Crippen molar-refractivity contribution in [2.24, 2.45) is 5.10 Å². The summed E-state index contributed by atoms with van der Waals surface area (Å²) in [6, 6.07) is 13.4. The second kappa shape index (κ2) is 8.90. The number of nitro groups is 1. The van der Waals surface area contributed by atoms with Crippen LogP contribution in [0.1, 0.15) is 5.56 Å². The van der Waals surface area contributed by atoms with Gasteiger partial charge >= 0.3 is 0 Å². The van der Waals surface area contributed by atoms with E-state index in [1.54, 1.807) is 0 Å². The van der Waals surface area contributed by atoms with Gasteiger partial charge in [-0.1, -0.05) is 17.7 Å². The smallest absolute Gasteiger partial charge is 0.295 e. The van der Waals surface area contributed by atoms with Crippen LogP contribution in [0.5, 0.6) is 11.5 Å². The highest BCUT2D eigenvalue weighted by atomic mass is 35.5. The Balaban J connectivity index is 1.85. The molecular weight excluding hydrogens is 448 g/mol. The molecule has 4 N–H and O–H groups in total. The summed E-state index contributed by atoms with van der Waals surface area (Å²) in [6.07, 6.45) is 1.14. The van der Waals surface area contributed by atoms with Crippen LogP contribution >= 0.6 is 11.6 Å². The van der Waals surface area contributed by atoms with Crippen molar-refractivity contribution in [1.29, 1.82) is 0 Å². The van der Waals surface area contributed by atoms with Gasteiger partial charge in [-0.15, -0.1) is 0 Å². The van der Waals surface area contributed by atoms with E-state index in [9.17, 15) is 28.7 Å². The van der Waals surface area contributed by atoms with Gasteiger partial charge in [0.05, 0.1) is 16.0 Å². The fourth-order valence-electron chi connectivity index (χ4n) is 2.48. The van der Waals surface area contributed by atoms with Crippen molar-refractivity contribution in [3.8, 4) is 11.5 Å². The van der Waals surface area contributed by atoms with E-state index in [-0.39, 0.29) is 27.6 Å². The molecule has 0 saturated heterocycles. The standard InChI is InChI=1S/C19H15ClN4O6S/c20-13-4-6-14(7-5-13)23-31(29,30)15-8-9-16(17(10-15)24(27)28)22-21-11-12-2-1-3-18(25)19(12)26/h1-11,22-23,25-26H/b21-11-. The van der Waals surface area contributed by atoms with E-state index in [2.05, 4.69) is 15.2 Å². The molecule has 3 aromatic carbocycles. The first-order valence-electron chi connectivity index (χ1n) is 8.54. The number of hydrogen-bond donors (Lipinski definition) is 4. The van der Waals surface area contributed by atoms with E-state index in [0.29, 0.717) is 5.02 Å². The summed E-state index contributed by atoms with van der Waals surface area (Å²) < 4.78 is 27.5. The number of sulfonamides is 1. The maximum absolute atomic E-state index is 12.6. The molecule has 0 aliphatic carbocycles. The molecule has 0 amide bonds. The van der Waals surface area contributed by atoms with E-state index in [0.717, 1.165) is 12.3 Å². The molecule has 160 valence electrons. The number of aromatic hydroxyl groups is 2. The molecular formula is C19H15ClN4O6S. The highest BCUT2D eigenvalue weighted by molar-refractivity contribution is 7.92. The minimum absolute atomic E-state index is 0.0775. The van der Waals surface area contributed by atoms with E-state index in [4.69, 9.17) is 11.6 Å². The predicted molar refractivity (Wildman–Crippen MR) is 116 cm³/mol. The van der Waals surface area contributed by atoms with Gasteiger partial charge in [-0.3, -0.25) is 20.3 Å². The fraction of sp³-hybridized carbons (Fsp3) is 0. The third-order valence-electron chi connectivity index (χ3n) is 4.01. The molecule has 0 aromatic heterocycles. The Morgan fingerprint density at radius 1 is 1.06 bits per heavy atom. The molecule has 3 rings (SSSR count). The second-order valence-corrected chi connectivity index (χ2v) is 8.25. The molecule has 12 heteroatoms. The lowest BCUT2D eigenvalue weighted by atomic mass is 10.2. The van der Waals surface area contributed by atoms with Crippen molar-refractivity contribution < 1.29 is 23.6 Å². The first kappa shape index (κ1) is 21.9. The number of rotatable bonds is 7. The number of hydrogen-bond acceptors (Lipinski definition) is 8. The van der Waals surface area contributed by atoms with Crippen molar-refractivity contribution in [3.05, 3.63) is 81.4 Å². The number of hydrazone groups is 1. The van der Waals surface area contributed by atoms with Crippen LogP contribution in [0.3, 0.4) is 0 Å². The average molecular weight is 463 g/mol. The quantitative estimate of drug-likeness (QED) is 0.179. The van der Waals surface area contributed by atoms with Gasteiger partial charge in [0.15, 0.2) is 11.5 Å². The van der Waals surface area contributed by atoms with Crippen molar-refractivity contribution in [2.45, 2.75) is 4.90 Å². The Hall–Kier alpha value is -3.83. The lowest BCUT2D eigenvalue weighted by Crippen LogP contribution is -2.13. The Morgan fingerprint density at radius 2 is 1.77 bits per heavy atom. The van der Waals surface area contributed by atoms with Gasteiger partial charge in [0, 0.05) is 22.3 Å². The molecule has 10 nitrogen and oxygen atoms in total. The molecule has 0 aliphatic rings. The van der Waals surface area contributed by atoms with Crippen LogP contribution in [0.4, 0.5) is 17.1 Å². The van der Waals surface area contributed by atoms with E-state index in [1.165, 1.54) is 54.6 Å². The fourth-order valence-corrected chi connectivity index (χ4v) is 3.68. The molecule has 0 unspecified atom stereocenters. The maximum atomic E-state index is 12.6. The van der Waals surface area contributed by atoms with Crippen molar-refractivity contribution >= 4 is 44.9 Å². The zero-order valence-electron chi connectivity index (χ0n) is 15.6. The van der Waals surface area contributed by atoms with E-state index in [1.807, 2.05) is 0 Å². The number of phenolic OH excluding ortho intramolecular Hbond substituents is 2. The minimum Gasteiger partial charge on any atom is -0.504 e. The van der Waals surface area contributed by atoms with Crippen LogP contribution in [0.15, 0.2) is 70.7 Å². The Bertz CT molecular complexity index is 1260. The van der Waals surface area contributed by atoms with Gasteiger partial charge in [0.1, 0.15) is 5.69 Å². The van der Waals surface area contributed by atoms with Crippen molar-refractivity contribution in [2.75, 3.05) is 10.1 Å². The molecule has 0 fully saturated rings. The molecule has 0 aliphatic heterocycles. The first-order valence-corrected chi connectivity index (χ1v) is 10.4. The van der Waals surface area contributed by atoms with Gasteiger partial charge in [-0.25, -0.2) is 8.42 Å². The maximum Gasteiger partial charge on any atom is 0.295 e. The number of nitro benzene ring substituents is 1. The van der Waals surface area contributed by atoms with Gasteiger partial charge in [-0.05, 0) is 48.5 Å². The molecule has 0 radical (unpaired) electrons. The summed E-state index contributed by atoms with van der Waals surface area (Å²) in [5.74, 6) is -0.755. The summed E-state index contributed by atoms with van der Waals surface area (Å²) in [6.45, 7) is 0. The van der Waals surface area contributed by atoms with Gasteiger partial charge < -0.3 is 10.2 Å². The molecule has 0 heterocycles. The van der Waals surface area contributed by atoms with Crippen LogP contribution in [-0.2, 0) is 10.0 Å². The van der Waals surface area contributed by atoms with Crippen molar-refractivity contribution in [1.82, 2.24) is 0 Å². The molecule has 0 atom stereocenters. The third-order valence-corrected chi connectivity index (χ3v) is 5.64. The topological polar surface area (TPSA) is 154 Å². The van der Waals surface area contributed by atoms with E-state index >= 15 is 0 Å². The third kappa shape index (κ3) is 5.21. The number of benzene rings is 3. The van der Waals surface area contributed by atoms with E-state index < -0.39 is 26.4 Å². The van der Waals surface area contributed by atoms with Gasteiger partial charge in [0.25, 0.3) is 15.7 Å². The molecule has 0 saturated carbocycles. The predicted octanol–water partition coefficient (Wildman–Crippen LogP) is 3.91. The Morgan fingerprint density at radius 3 is 2.45 bits per heavy atom. The van der Waals surface area contributed by atoms with Crippen LogP contribution in [0.2, 0.25) is 5.02 Å². The second-order valence-electron chi connectivity index (χ2n) is 6.13. The highest BCUT2D eigenvalue weighted by Crippen LogP contribution is 2.30. The molecule has 0 bridgehead atoms. The monoisotopic (exact) mass is 462 g/mol. The number of phenols is 2. The number of nitrogens with zero attached hydrogens (tertiary/aromatic N) is 2.